The van der Waals surface area contributed by atoms with E-state index < -0.39 is 0 Å². The molecule has 0 bridgehead atoms. The van der Waals surface area contributed by atoms with Gasteiger partial charge in [-0.1, -0.05) is 23.7 Å². The SMILES string of the molecule is Fc1ccc(CCNC(=S)Nc2ccc(Cl)cc2)cc1. The lowest BCUT2D eigenvalue weighted by Crippen LogP contribution is -2.30. The summed E-state index contributed by atoms with van der Waals surface area (Å²) in [5, 5.41) is 7.40. The van der Waals surface area contributed by atoms with Crippen LogP contribution < -0.4 is 10.6 Å². The average molecular weight is 309 g/mol. The molecule has 5 heteroatoms. The van der Waals surface area contributed by atoms with Gasteiger partial charge in [-0.25, -0.2) is 4.39 Å². The fourth-order valence-electron chi connectivity index (χ4n) is 1.68. The van der Waals surface area contributed by atoms with E-state index in [1.54, 1.807) is 24.3 Å². The van der Waals surface area contributed by atoms with Crippen molar-refractivity contribution in [1.82, 2.24) is 5.32 Å². The van der Waals surface area contributed by atoms with Crippen LogP contribution in [0.4, 0.5) is 10.1 Å². The first-order chi connectivity index (χ1) is 9.63. The molecule has 0 saturated heterocycles. The molecular weight excluding hydrogens is 295 g/mol. The van der Waals surface area contributed by atoms with Crippen molar-refractivity contribution in [3.05, 3.63) is 64.9 Å². The summed E-state index contributed by atoms with van der Waals surface area (Å²) in [4.78, 5) is 0. The fourth-order valence-corrected chi connectivity index (χ4v) is 2.03. The molecule has 0 aliphatic heterocycles. The quantitative estimate of drug-likeness (QED) is 0.835. The molecule has 0 aliphatic carbocycles. The van der Waals surface area contributed by atoms with Crippen molar-refractivity contribution in [3.63, 3.8) is 0 Å². The highest BCUT2D eigenvalue weighted by atomic mass is 35.5. The van der Waals surface area contributed by atoms with Gasteiger partial charge >= 0.3 is 0 Å². The fraction of sp³-hybridized carbons (Fsp3) is 0.133. The van der Waals surface area contributed by atoms with Crippen molar-refractivity contribution < 1.29 is 4.39 Å². The van der Waals surface area contributed by atoms with E-state index in [9.17, 15) is 4.39 Å². The molecule has 0 amide bonds. The maximum atomic E-state index is 12.8. The molecule has 104 valence electrons. The van der Waals surface area contributed by atoms with Crippen molar-refractivity contribution in [3.8, 4) is 0 Å². The molecular formula is C15H14ClFN2S. The molecule has 0 atom stereocenters. The first-order valence-corrected chi connectivity index (χ1v) is 6.97. The summed E-state index contributed by atoms with van der Waals surface area (Å²) in [6.45, 7) is 0.686. The van der Waals surface area contributed by atoms with Gasteiger partial charge in [0.2, 0.25) is 0 Å². The summed E-state index contributed by atoms with van der Waals surface area (Å²) >= 11 is 11.0. The summed E-state index contributed by atoms with van der Waals surface area (Å²) in [5.74, 6) is -0.221. The van der Waals surface area contributed by atoms with E-state index in [1.807, 2.05) is 12.1 Å². The normalized spacial score (nSPS) is 10.1. The number of hydrogen-bond donors (Lipinski definition) is 2. The van der Waals surface area contributed by atoms with E-state index in [2.05, 4.69) is 10.6 Å². The van der Waals surface area contributed by atoms with E-state index in [1.165, 1.54) is 12.1 Å². The van der Waals surface area contributed by atoms with E-state index in [0.717, 1.165) is 17.7 Å². The Hall–Kier alpha value is -1.65. The minimum absolute atomic E-state index is 0.221. The molecule has 0 aliphatic rings. The first-order valence-electron chi connectivity index (χ1n) is 6.18. The second kappa shape index (κ2) is 7.22. The van der Waals surface area contributed by atoms with Crippen LogP contribution in [-0.4, -0.2) is 11.7 Å². The summed E-state index contributed by atoms with van der Waals surface area (Å²) in [5.41, 5.74) is 1.95. The van der Waals surface area contributed by atoms with Gasteiger partial charge < -0.3 is 10.6 Å². The third kappa shape index (κ3) is 4.79. The van der Waals surface area contributed by atoms with Crippen LogP contribution in [0.2, 0.25) is 5.02 Å². The summed E-state index contributed by atoms with van der Waals surface area (Å²) in [7, 11) is 0. The maximum Gasteiger partial charge on any atom is 0.170 e. The highest BCUT2D eigenvalue weighted by Crippen LogP contribution is 2.13. The first kappa shape index (κ1) is 14.8. The second-order valence-electron chi connectivity index (χ2n) is 4.26. The summed E-state index contributed by atoms with van der Waals surface area (Å²) < 4.78 is 12.8. The maximum absolute atomic E-state index is 12.8. The largest absolute Gasteiger partial charge is 0.362 e. The molecule has 0 heterocycles. The third-order valence-corrected chi connectivity index (χ3v) is 3.21. The van der Waals surface area contributed by atoms with Crippen LogP contribution in [0.15, 0.2) is 48.5 Å². The number of benzene rings is 2. The molecule has 2 rings (SSSR count). The lowest BCUT2D eigenvalue weighted by molar-refractivity contribution is 0.627. The summed E-state index contributed by atoms with van der Waals surface area (Å²) in [6.07, 6.45) is 0.780. The van der Waals surface area contributed by atoms with Crippen molar-refractivity contribution in [2.75, 3.05) is 11.9 Å². The second-order valence-corrected chi connectivity index (χ2v) is 5.11. The van der Waals surface area contributed by atoms with Gasteiger partial charge in [0, 0.05) is 17.3 Å². The Bertz CT molecular complexity index is 569. The molecule has 2 aromatic carbocycles. The lowest BCUT2D eigenvalue weighted by atomic mass is 10.1. The lowest BCUT2D eigenvalue weighted by Gasteiger charge is -2.10. The van der Waals surface area contributed by atoms with E-state index in [0.29, 0.717) is 16.7 Å². The molecule has 0 unspecified atom stereocenters. The highest BCUT2D eigenvalue weighted by Gasteiger charge is 1.98. The number of nitrogens with one attached hydrogen (secondary N) is 2. The smallest absolute Gasteiger partial charge is 0.170 e. The molecule has 2 aromatic rings. The Morgan fingerprint density at radius 3 is 2.35 bits per heavy atom. The van der Waals surface area contributed by atoms with Crippen molar-refractivity contribution in [2.45, 2.75) is 6.42 Å². The Morgan fingerprint density at radius 2 is 1.70 bits per heavy atom. The van der Waals surface area contributed by atoms with Gasteiger partial charge in [-0.2, -0.15) is 0 Å². The van der Waals surface area contributed by atoms with Gasteiger partial charge in [-0.05, 0) is 60.6 Å². The predicted molar refractivity (Wildman–Crippen MR) is 85.8 cm³/mol. The van der Waals surface area contributed by atoms with Crippen LogP contribution in [0.5, 0.6) is 0 Å². The van der Waals surface area contributed by atoms with E-state index >= 15 is 0 Å². The molecule has 0 saturated carbocycles. The Labute approximate surface area is 128 Å². The van der Waals surface area contributed by atoms with Crippen LogP contribution in [0.25, 0.3) is 0 Å². The van der Waals surface area contributed by atoms with Crippen LogP contribution in [0.1, 0.15) is 5.56 Å². The number of anilines is 1. The van der Waals surface area contributed by atoms with Crippen LogP contribution in [-0.2, 0) is 6.42 Å². The Morgan fingerprint density at radius 1 is 1.05 bits per heavy atom. The Balaban J connectivity index is 1.75. The molecule has 0 aromatic heterocycles. The monoisotopic (exact) mass is 308 g/mol. The number of thiocarbonyl (C=S) groups is 1. The van der Waals surface area contributed by atoms with Crippen molar-refractivity contribution >= 4 is 34.6 Å². The molecule has 0 spiro atoms. The van der Waals surface area contributed by atoms with Gasteiger partial charge in [0.25, 0.3) is 0 Å². The minimum atomic E-state index is -0.221. The zero-order valence-corrected chi connectivity index (χ0v) is 12.3. The van der Waals surface area contributed by atoms with E-state index in [-0.39, 0.29) is 5.82 Å². The van der Waals surface area contributed by atoms with Crippen LogP contribution >= 0.6 is 23.8 Å². The number of hydrogen-bond acceptors (Lipinski definition) is 1. The highest BCUT2D eigenvalue weighted by molar-refractivity contribution is 7.80. The standard InChI is InChI=1S/C15H14ClFN2S/c16-12-3-7-14(8-4-12)19-15(20)18-10-9-11-1-5-13(17)6-2-11/h1-8H,9-10H2,(H2,18,19,20). The van der Waals surface area contributed by atoms with Crippen molar-refractivity contribution in [2.24, 2.45) is 0 Å². The van der Waals surface area contributed by atoms with Crippen LogP contribution in [0.3, 0.4) is 0 Å². The van der Waals surface area contributed by atoms with Gasteiger partial charge in [0.05, 0.1) is 0 Å². The average Bonchev–Trinajstić information content (AvgIpc) is 2.44. The zero-order valence-electron chi connectivity index (χ0n) is 10.7. The summed E-state index contributed by atoms with van der Waals surface area (Å²) in [6, 6.07) is 13.8. The molecule has 2 nitrogen and oxygen atoms in total. The number of halogens is 2. The third-order valence-electron chi connectivity index (χ3n) is 2.71. The molecule has 0 radical (unpaired) electrons. The molecule has 2 N–H and O–H groups in total. The van der Waals surface area contributed by atoms with Gasteiger partial charge in [-0.15, -0.1) is 0 Å². The van der Waals surface area contributed by atoms with Crippen LogP contribution in [0, 0.1) is 5.82 Å². The Kier molecular flexibility index (Phi) is 5.32. The van der Waals surface area contributed by atoms with E-state index in [4.69, 9.17) is 23.8 Å². The molecule has 0 fully saturated rings. The van der Waals surface area contributed by atoms with Gasteiger partial charge in [0.15, 0.2) is 5.11 Å². The van der Waals surface area contributed by atoms with Crippen molar-refractivity contribution in [1.29, 1.82) is 0 Å². The van der Waals surface area contributed by atoms with Gasteiger partial charge in [-0.3, -0.25) is 0 Å². The molecule has 20 heavy (non-hydrogen) atoms. The minimum Gasteiger partial charge on any atom is -0.362 e. The number of rotatable bonds is 4. The topological polar surface area (TPSA) is 24.1 Å². The zero-order chi connectivity index (χ0) is 14.4. The van der Waals surface area contributed by atoms with Gasteiger partial charge in [0.1, 0.15) is 5.82 Å². The predicted octanol–water partition coefficient (Wildman–Crippen LogP) is 4.01.